The van der Waals surface area contributed by atoms with Crippen LogP contribution in [0, 0.1) is 11.8 Å². The number of carboxylic acid groups (broad SMARTS) is 1. The number of carbonyl (C=O) groups excluding carboxylic acids is 1. The van der Waals surface area contributed by atoms with E-state index in [9.17, 15) is 9.59 Å². The van der Waals surface area contributed by atoms with Crippen LogP contribution in [0.25, 0.3) is 5.69 Å². The van der Waals surface area contributed by atoms with Gasteiger partial charge in [0.1, 0.15) is 12.7 Å². The molecule has 0 saturated carbocycles. The molecule has 2 aromatic rings. The molecule has 0 spiro atoms. The fourth-order valence-corrected chi connectivity index (χ4v) is 1.78. The Morgan fingerprint density at radius 1 is 1.19 bits per heavy atom. The summed E-state index contributed by atoms with van der Waals surface area (Å²) < 4.78 is 1.71. The molecule has 0 aliphatic rings. The largest absolute Gasteiger partial charge is 0.481 e. The monoisotopic (exact) mass is 288 g/mol. The van der Waals surface area contributed by atoms with Crippen molar-refractivity contribution in [1.82, 2.24) is 14.8 Å². The Bertz CT molecular complexity index is 639. The summed E-state index contributed by atoms with van der Waals surface area (Å²) in [5, 5.41) is 19.1. The van der Waals surface area contributed by atoms with E-state index in [-0.39, 0.29) is 5.91 Å². The second kappa shape index (κ2) is 6.17. The standard InChI is InChI=1S/C14H16N4O3/c1-9(10(2)14(20)21)13(19)17-11-4-3-5-12(6-11)18-7-15-16-8-18/h3-10H,1-2H3,(H,17,19)(H,20,21). The van der Waals surface area contributed by atoms with Gasteiger partial charge in [0.05, 0.1) is 11.6 Å². The van der Waals surface area contributed by atoms with Crippen LogP contribution >= 0.6 is 0 Å². The normalized spacial score (nSPS) is 13.4. The Balaban J connectivity index is 2.11. The Labute approximate surface area is 121 Å². The zero-order valence-corrected chi connectivity index (χ0v) is 11.7. The third-order valence-electron chi connectivity index (χ3n) is 3.38. The third kappa shape index (κ3) is 3.44. The van der Waals surface area contributed by atoms with Gasteiger partial charge in [-0.25, -0.2) is 0 Å². The lowest BCUT2D eigenvalue weighted by Crippen LogP contribution is -2.29. The van der Waals surface area contributed by atoms with Gasteiger partial charge < -0.3 is 10.4 Å². The molecule has 1 aromatic heterocycles. The van der Waals surface area contributed by atoms with Crippen molar-refractivity contribution in [2.24, 2.45) is 11.8 Å². The molecule has 0 bridgehead atoms. The maximum atomic E-state index is 12.1. The number of nitrogens with one attached hydrogen (secondary N) is 1. The van der Waals surface area contributed by atoms with Crippen molar-refractivity contribution in [2.45, 2.75) is 13.8 Å². The lowest BCUT2D eigenvalue weighted by Gasteiger charge is -2.16. The maximum Gasteiger partial charge on any atom is 0.307 e. The van der Waals surface area contributed by atoms with E-state index in [1.165, 1.54) is 6.92 Å². The number of amides is 1. The van der Waals surface area contributed by atoms with E-state index in [0.717, 1.165) is 5.69 Å². The van der Waals surface area contributed by atoms with Crippen molar-refractivity contribution in [2.75, 3.05) is 5.32 Å². The Kier molecular flexibility index (Phi) is 4.32. The molecule has 110 valence electrons. The third-order valence-corrected chi connectivity index (χ3v) is 3.38. The lowest BCUT2D eigenvalue weighted by molar-refractivity contribution is -0.145. The molecule has 21 heavy (non-hydrogen) atoms. The van der Waals surface area contributed by atoms with Crippen LogP contribution in [-0.4, -0.2) is 31.7 Å². The van der Waals surface area contributed by atoms with Gasteiger partial charge in [0, 0.05) is 11.6 Å². The van der Waals surface area contributed by atoms with Crippen molar-refractivity contribution < 1.29 is 14.7 Å². The molecule has 1 amide bonds. The summed E-state index contributed by atoms with van der Waals surface area (Å²) in [6.45, 7) is 3.11. The summed E-state index contributed by atoms with van der Waals surface area (Å²) in [7, 11) is 0. The van der Waals surface area contributed by atoms with Gasteiger partial charge in [0.2, 0.25) is 5.91 Å². The number of hydrogen-bond donors (Lipinski definition) is 2. The summed E-state index contributed by atoms with van der Waals surface area (Å²) in [4.78, 5) is 23.0. The minimum Gasteiger partial charge on any atom is -0.481 e. The number of anilines is 1. The smallest absolute Gasteiger partial charge is 0.307 e. The fraction of sp³-hybridized carbons (Fsp3) is 0.286. The molecule has 0 aliphatic carbocycles. The van der Waals surface area contributed by atoms with Gasteiger partial charge in [0.25, 0.3) is 0 Å². The van der Waals surface area contributed by atoms with Gasteiger partial charge in [-0.05, 0) is 18.2 Å². The Hall–Kier alpha value is -2.70. The molecule has 7 heteroatoms. The number of nitrogens with zero attached hydrogens (tertiary/aromatic N) is 3. The van der Waals surface area contributed by atoms with Gasteiger partial charge in [-0.3, -0.25) is 14.2 Å². The molecule has 1 aromatic carbocycles. The van der Waals surface area contributed by atoms with Crippen LogP contribution in [0.5, 0.6) is 0 Å². The molecule has 0 fully saturated rings. The number of aromatic nitrogens is 3. The number of carbonyl (C=O) groups is 2. The predicted octanol–water partition coefficient (Wildman–Crippen LogP) is 1.56. The first-order valence-corrected chi connectivity index (χ1v) is 6.48. The highest BCUT2D eigenvalue weighted by Gasteiger charge is 2.25. The first-order valence-electron chi connectivity index (χ1n) is 6.48. The molecule has 2 N–H and O–H groups in total. The Morgan fingerprint density at radius 2 is 1.86 bits per heavy atom. The summed E-state index contributed by atoms with van der Waals surface area (Å²) >= 11 is 0. The molecule has 1 heterocycles. The van der Waals surface area contributed by atoms with Crippen LogP contribution in [0.2, 0.25) is 0 Å². The van der Waals surface area contributed by atoms with Gasteiger partial charge >= 0.3 is 5.97 Å². The van der Waals surface area contributed by atoms with Crippen molar-refractivity contribution in [1.29, 1.82) is 0 Å². The zero-order chi connectivity index (χ0) is 15.4. The van der Waals surface area contributed by atoms with E-state index in [1.807, 2.05) is 6.07 Å². The number of hydrogen-bond acceptors (Lipinski definition) is 4. The molecule has 2 atom stereocenters. The minimum absolute atomic E-state index is 0.328. The molecule has 0 saturated heterocycles. The minimum atomic E-state index is -0.990. The molecular formula is C14H16N4O3. The SMILES string of the molecule is CC(C(=O)O)C(C)C(=O)Nc1cccc(-n2cnnc2)c1. The molecule has 7 nitrogen and oxygen atoms in total. The van der Waals surface area contributed by atoms with Crippen molar-refractivity contribution in [3.63, 3.8) is 0 Å². The van der Waals surface area contributed by atoms with E-state index in [4.69, 9.17) is 5.11 Å². The summed E-state index contributed by atoms with van der Waals surface area (Å²) in [5.41, 5.74) is 1.40. The fourth-order valence-electron chi connectivity index (χ4n) is 1.78. The second-order valence-electron chi connectivity index (χ2n) is 4.82. The van der Waals surface area contributed by atoms with E-state index in [1.54, 1.807) is 42.3 Å². The highest BCUT2D eigenvalue weighted by molar-refractivity contribution is 5.94. The second-order valence-corrected chi connectivity index (χ2v) is 4.82. The molecule has 0 aliphatic heterocycles. The van der Waals surface area contributed by atoms with Crippen molar-refractivity contribution in [3.05, 3.63) is 36.9 Å². The van der Waals surface area contributed by atoms with Crippen LogP contribution in [-0.2, 0) is 9.59 Å². The van der Waals surface area contributed by atoms with E-state index < -0.39 is 17.8 Å². The summed E-state index contributed by atoms with van der Waals surface area (Å²) in [5.74, 6) is -2.69. The predicted molar refractivity (Wildman–Crippen MR) is 76.0 cm³/mol. The van der Waals surface area contributed by atoms with Crippen molar-refractivity contribution in [3.8, 4) is 5.69 Å². The Morgan fingerprint density at radius 3 is 2.48 bits per heavy atom. The maximum absolute atomic E-state index is 12.1. The number of benzene rings is 1. The number of aliphatic carboxylic acids is 1. The van der Waals surface area contributed by atoms with Crippen LogP contribution in [0.3, 0.4) is 0 Å². The van der Waals surface area contributed by atoms with Crippen LogP contribution in [0.15, 0.2) is 36.9 Å². The average molecular weight is 288 g/mol. The van der Waals surface area contributed by atoms with Gasteiger partial charge in [0.15, 0.2) is 0 Å². The summed E-state index contributed by atoms with van der Waals surface area (Å²) in [6, 6.07) is 7.14. The van der Waals surface area contributed by atoms with Crippen LogP contribution in [0.1, 0.15) is 13.8 Å². The lowest BCUT2D eigenvalue weighted by atomic mass is 9.95. The van der Waals surface area contributed by atoms with Crippen molar-refractivity contribution >= 4 is 17.6 Å². The highest BCUT2D eigenvalue weighted by Crippen LogP contribution is 2.17. The average Bonchev–Trinajstić information content (AvgIpc) is 3.00. The van der Waals surface area contributed by atoms with Gasteiger partial charge in [-0.15, -0.1) is 10.2 Å². The first kappa shape index (κ1) is 14.7. The van der Waals surface area contributed by atoms with E-state index >= 15 is 0 Å². The molecular weight excluding hydrogens is 272 g/mol. The molecule has 2 unspecified atom stereocenters. The quantitative estimate of drug-likeness (QED) is 0.870. The number of carboxylic acids is 1. The van der Waals surface area contributed by atoms with E-state index in [2.05, 4.69) is 15.5 Å². The van der Waals surface area contributed by atoms with Gasteiger partial charge in [-0.2, -0.15) is 0 Å². The van der Waals surface area contributed by atoms with Crippen LogP contribution in [0.4, 0.5) is 5.69 Å². The summed E-state index contributed by atoms with van der Waals surface area (Å²) in [6.07, 6.45) is 3.10. The molecule has 2 rings (SSSR count). The first-order chi connectivity index (χ1) is 9.99. The number of rotatable bonds is 5. The molecule has 0 radical (unpaired) electrons. The van der Waals surface area contributed by atoms with E-state index in [0.29, 0.717) is 5.69 Å². The zero-order valence-electron chi connectivity index (χ0n) is 11.7. The topological polar surface area (TPSA) is 97.1 Å². The van der Waals surface area contributed by atoms with Gasteiger partial charge in [-0.1, -0.05) is 19.9 Å². The highest BCUT2D eigenvalue weighted by atomic mass is 16.4. The van der Waals surface area contributed by atoms with Crippen LogP contribution < -0.4 is 5.32 Å².